The van der Waals surface area contributed by atoms with Crippen molar-refractivity contribution in [1.82, 2.24) is 10.2 Å². The molecule has 0 aliphatic carbocycles. The summed E-state index contributed by atoms with van der Waals surface area (Å²) in [7, 11) is 0. The topological polar surface area (TPSA) is 33.7 Å². The Morgan fingerprint density at radius 2 is 1.70 bits per heavy atom. The lowest BCUT2D eigenvalue weighted by atomic mass is 10.1. The maximum absolute atomic E-state index is 5.69. The minimum atomic E-state index is -0.0990. The Morgan fingerprint density at radius 3 is 2.35 bits per heavy atom. The standard InChI is InChI=1S/C16H34N2O2/c1-15(20-14-9-17-16(2,3)4)19-13-8-12-18-10-6-5-7-11-18/h15,17H,5-14H2,1-4H3. The molecule has 1 heterocycles. The van der Waals surface area contributed by atoms with Gasteiger partial charge in [0.2, 0.25) is 0 Å². The summed E-state index contributed by atoms with van der Waals surface area (Å²) in [6.07, 6.45) is 5.13. The van der Waals surface area contributed by atoms with E-state index in [0.717, 1.165) is 26.1 Å². The summed E-state index contributed by atoms with van der Waals surface area (Å²) >= 11 is 0. The number of nitrogens with one attached hydrogen (secondary N) is 1. The van der Waals surface area contributed by atoms with Crippen LogP contribution in [0.5, 0.6) is 0 Å². The highest BCUT2D eigenvalue weighted by atomic mass is 16.7. The zero-order chi connectivity index (χ0) is 14.8. The normalized spacial score (nSPS) is 19.2. The molecular weight excluding hydrogens is 252 g/mol. The number of piperidine rings is 1. The van der Waals surface area contributed by atoms with Gasteiger partial charge in [0.1, 0.15) is 0 Å². The summed E-state index contributed by atoms with van der Waals surface area (Å²) < 4.78 is 11.3. The van der Waals surface area contributed by atoms with E-state index in [1.165, 1.54) is 32.4 Å². The number of ether oxygens (including phenoxy) is 2. The van der Waals surface area contributed by atoms with E-state index in [4.69, 9.17) is 9.47 Å². The van der Waals surface area contributed by atoms with E-state index in [0.29, 0.717) is 6.61 Å². The molecule has 20 heavy (non-hydrogen) atoms. The molecule has 0 amide bonds. The van der Waals surface area contributed by atoms with E-state index in [1.807, 2.05) is 6.92 Å². The van der Waals surface area contributed by atoms with Crippen molar-refractivity contribution in [3.05, 3.63) is 0 Å². The second-order valence-corrected chi connectivity index (χ2v) is 6.74. The van der Waals surface area contributed by atoms with E-state index in [2.05, 4.69) is 31.0 Å². The van der Waals surface area contributed by atoms with Crippen LogP contribution in [-0.2, 0) is 9.47 Å². The highest BCUT2D eigenvalue weighted by molar-refractivity contribution is 4.69. The molecule has 4 heteroatoms. The van der Waals surface area contributed by atoms with Gasteiger partial charge in [0.25, 0.3) is 0 Å². The van der Waals surface area contributed by atoms with Crippen LogP contribution in [0.2, 0.25) is 0 Å². The molecular formula is C16H34N2O2. The van der Waals surface area contributed by atoms with Crippen molar-refractivity contribution in [3.8, 4) is 0 Å². The minimum Gasteiger partial charge on any atom is -0.353 e. The average molecular weight is 286 g/mol. The lowest BCUT2D eigenvalue weighted by Crippen LogP contribution is -2.38. The van der Waals surface area contributed by atoms with Crippen LogP contribution < -0.4 is 5.32 Å². The van der Waals surface area contributed by atoms with Crippen LogP contribution in [0.25, 0.3) is 0 Å². The lowest BCUT2D eigenvalue weighted by Gasteiger charge is -2.26. The second kappa shape index (κ2) is 9.72. The van der Waals surface area contributed by atoms with Gasteiger partial charge in [0.15, 0.2) is 6.29 Å². The molecule has 0 aromatic heterocycles. The summed E-state index contributed by atoms with van der Waals surface area (Å²) in [6, 6.07) is 0. The van der Waals surface area contributed by atoms with E-state index >= 15 is 0 Å². The van der Waals surface area contributed by atoms with Gasteiger partial charge in [-0.3, -0.25) is 0 Å². The third-order valence-electron chi connectivity index (χ3n) is 3.53. The van der Waals surface area contributed by atoms with Crippen molar-refractivity contribution < 1.29 is 9.47 Å². The second-order valence-electron chi connectivity index (χ2n) is 6.74. The third kappa shape index (κ3) is 9.70. The van der Waals surface area contributed by atoms with Crippen LogP contribution in [0.1, 0.15) is 53.4 Å². The van der Waals surface area contributed by atoms with Crippen molar-refractivity contribution in [1.29, 1.82) is 0 Å². The molecule has 1 aliphatic heterocycles. The molecule has 0 bridgehead atoms. The Hall–Kier alpha value is -0.160. The van der Waals surface area contributed by atoms with Crippen LogP contribution in [0, 0.1) is 0 Å². The summed E-state index contributed by atoms with van der Waals surface area (Å²) in [6.45, 7) is 14.5. The first-order valence-corrected chi connectivity index (χ1v) is 8.18. The van der Waals surface area contributed by atoms with Crippen LogP contribution in [0.3, 0.4) is 0 Å². The minimum absolute atomic E-state index is 0.0990. The van der Waals surface area contributed by atoms with E-state index in [-0.39, 0.29) is 11.8 Å². The first-order valence-electron chi connectivity index (χ1n) is 8.18. The number of hydrogen-bond donors (Lipinski definition) is 1. The molecule has 0 aromatic rings. The Labute approximate surface area is 125 Å². The van der Waals surface area contributed by atoms with E-state index in [9.17, 15) is 0 Å². The maximum atomic E-state index is 5.69. The van der Waals surface area contributed by atoms with Gasteiger partial charge < -0.3 is 19.7 Å². The summed E-state index contributed by atoms with van der Waals surface area (Å²) in [5, 5.41) is 3.40. The van der Waals surface area contributed by atoms with Gasteiger partial charge in [0, 0.05) is 18.6 Å². The molecule has 0 radical (unpaired) electrons. The highest BCUT2D eigenvalue weighted by Gasteiger charge is 2.10. The van der Waals surface area contributed by atoms with Gasteiger partial charge in [-0.1, -0.05) is 6.42 Å². The summed E-state index contributed by atoms with van der Waals surface area (Å²) in [4.78, 5) is 2.55. The summed E-state index contributed by atoms with van der Waals surface area (Å²) in [5.41, 5.74) is 0.155. The zero-order valence-electron chi connectivity index (χ0n) is 13.9. The van der Waals surface area contributed by atoms with Gasteiger partial charge in [-0.15, -0.1) is 0 Å². The van der Waals surface area contributed by atoms with Gasteiger partial charge in [-0.2, -0.15) is 0 Å². The third-order valence-corrected chi connectivity index (χ3v) is 3.53. The first-order chi connectivity index (χ1) is 9.47. The molecule has 0 saturated carbocycles. The largest absolute Gasteiger partial charge is 0.353 e. The molecule has 4 nitrogen and oxygen atoms in total. The molecule has 1 rings (SSSR count). The van der Waals surface area contributed by atoms with E-state index in [1.54, 1.807) is 0 Å². The monoisotopic (exact) mass is 286 g/mol. The Kier molecular flexibility index (Phi) is 8.69. The van der Waals surface area contributed by atoms with Crippen molar-refractivity contribution >= 4 is 0 Å². The van der Waals surface area contributed by atoms with Crippen molar-refractivity contribution in [2.75, 3.05) is 39.4 Å². The number of nitrogens with zero attached hydrogens (tertiary/aromatic N) is 1. The van der Waals surface area contributed by atoms with Crippen LogP contribution in [0.15, 0.2) is 0 Å². The predicted octanol–water partition coefficient (Wildman–Crippen LogP) is 2.63. The smallest absolute Gasteiger partial charge is 0.154 e. The first kappa shape index (κ1) is 17.9. The molecule has 0 aromatic carbocycles. The molecule has 1 saturated heterocycles. The molecule has 1 aliphatic rings. The van der Waals surface area contributed by atoms with Crippen molar-refractivity contribution in [2.45, 2.75) is 65.2 Å². The fourth-order valence-corrected chi connectivity index (χ4v) is 2.42. The molecule has 1 atom stereocenters. The average Bonchev–Trinajstić information content (AvgIpc) is 2.40. The number of rotatable bonds is 9. The molecule has 1 fully saturated rings. The molecule has 0 spiro atoms. The fraction of sp³-hybridized carbons (Fsp3) is 1.00. The van der Waals surface area contributed by atoms with Gasteiger partial charge in [-0.05, 0) is 60.0 Å². The molecule has 1 unspecified atom stereocenters. The number of hydrogen-bond acceptors (Lipinski definition) is 4. The molecule has 1 N–H and O–H groups in total. The van der Waals surface area contributed by atoms with Gasteiger partial charge >= 0.3 is 0 Å². The van der Waals surface area contributed by atoms with Gasteiger partial charge in [0.05, 0.1) is 13.2 Å². The Balaban J connectivity index is 1.90. The van der Waals surface area contributed by atoms with Crippen molar-refractivity contribution in [2.24, 2.45) is 0 Å². The van der Waals surface area contributed by atoms with Crippen LogP contribution in [0.4, 0.5) is 0 Å². The number of likely N-dealkylation sites (tertiary alicyclic amines) is 1. The van der Waals surface area contributed by atoms with Crippen molar-refractivity contribution in [3.63, 3.8) is 0 Å². The molecule has 120 valence electrons. The predicted molar refractivity (Wildman–Crippen MR) is 84.0 cm³/mol. The SMILES string of the molecule is CC(OCCCN1CCCCC1)OCCNC(C)(C)C. The lowest BCUT2D eigenvalue weighted by molar-refractivity contribution is -0.130. The fourth-order valence-electron chi connectivity index (χ4n) is 2.42. The van der Waals surface area contributed by atoms with Crippen LogP contribution in [-0.4, -0.2) is 56.1 Å². The Bertz CT molecular complexity index is 235. The highest BCUT2D eigenvalue weighted by Crippen LogP contribution is 2.08. The summed E-state index contributed by atoms with van der Waals surface area (Å²) in [5.74, 6) is 0. The zero-order valence-corrected chi connectivity index (χ0v) is 13.9. The van der Waals surface area contributed by atoms with E-state index < -0.39 is 0 Å². The van der Waals surface area contributed by atoms with Gasteiger partial charge in [-0.25, -0.2) is 0 Å². The quantitative estimate of drug-likeness (QED) is 0.522. The van der Waals surface area contributed by atoms with Crippen LogP contribution >= 0.6 is 0 Å². The maximum Gasteiger partial charge on any atom is 0.154 e. The Morgan fingerprint density at radius 1 is 1.05 bits per heavy atom.